The Morgan fingerprint density at radius 2 is 2.23 bits per heavy atom. The summed E-state index contributed by atoms with van der Waals surface area (Å²) in [5, 5.41) is 10.7. The van der Waals surface area contributed by atoms with Gasteiger partial charge in [0.15, 0.2) is 0 Å². The molecule has 1 aliphatic rings. The molecule has 1 aliphatic heterocycles. The second-order valence-corrected chi connectivity index (χ2v) is 7.76. The van der Waals surface area contributed by atoms with Crippen LogP contribution in [0.25, 0.3) is 0 Å². The van der Waals surface area contributed by atoms with Gasteiger partial charge in [0.1, 0.15) is 16.4 Å². The number of ether oxygens (including phenoxy) is 1. The van der Waals surface area contributed by atoms with Crippen LogP contribution in [0.3, 0.4) is 0 Å². The van der Waals surface area contributed by atoms with Crippen molar-refractivity contribution in [2.45, 2.75) is 16.7 Å². The summed E-state index contributed by atoms with van der Waals surface area (Å²) in [6, 6.07) is 5.20. The number of aromatic nitrogens is 2. The molecule has 0 aromatic carbocycles. The van der Waals surface area contributed by atoms with E-state index in [1.54, 1.807) is 17.5 Å². The Kier molecular flexibility index (Phi) is 4.06. The van der Waals surface area contributed by atoms with Gasteiger partial charge < -0.3 is 4.74 Å². The summed E-state index contributed by atoms with van der Waals surface area (Å²) >= 11 is 1.19. The molecule has 22 heavy (non-hydrogen) atoms. The van der Waals surface area contributed by atoms with Gasteiger partial charge in [-0.1, -0.05) is 6.07 Å². The lowest BCUT2D eigenvalue weighted by Crippen LogP contribution is -2.30. The van der Waals surface area contributed by atoms with E-state index < -0.39 is 10.0 Å². The molecule has 1 saturated heterocycles. The van der Waals surface area contributed by atoms with Gasteiger partial charge in [-0.3, -0.25) is 0 Å². The average Bonchev–Trinajstić information content (AvgIpc) is 3.20. The molecule has 9 heteroatoms. The van der Waals surface area contributed by atoms with Gasteiger partial charge in [0.25, 0.3) is 15.9 Å². The Hall–Kier alpha value is -2.02. The standard InChI is InChI=1S/C13H12N4O3S2/c14-8-11-13(16-5-4-15-11)20-10-3-6-17(9-10)22(18,19)12-2-1-7-21-12/h1-2,4-5,7,10H,3,6,9H2/t10-/m0/s1. The van der Waals surface area contributed by atoms with E-state index in [1.807, 2.05) is 6.07 Å². The Balaban J connectivity index is 1.72. The highest BCUT2D eigenvalue weighted by Crippen LogP contribution is 2.26. The van der Waals surface area contributed by atoms with Gasteiger partial charge in [0.2, 0.25) is 5.69 Å². The lowest BCUT2D eigenvalue weighted by Gasteiger charge is -2.16. The van der Waals surface area contributed by atoms with Crippen molar-refractivity contribution in [3.8, 4) is 11.9 Å². The molecule has 7 nitrogen and oxygen atoms in total. The van der Waals surface area contributed by atoms with Crippen LogP contribution in [0, 0.1) is 11.3 Å². The maximum Gasteiger partial charge on any atom is 0.252 e. The third-order valence-corrected chi connectivity index (χ3v) is 6.48. The second kappa shape index (κ2) is 6.00. The molecule has 3 heterocycles. The predicted molar refractivity (Wildman–Crippen MR) is 78.9 cm³/mol. The topological polar surface area (TPSA) is 96.2 Å². The molecule has 1 fully saturated rings. The van der Waals surface area contributed by atoms with E-state index in [-0.39, 0.29) is 24.2 Å². The molecule has 2 aromatic rings. The number of nitrogens with zero attached hydrogens (tertiary/aromatic N) is 4. The molecule has 0 bridgehead atoms. The lowest BCUT2D eigenvalue weighted by atomic mass is 10.3. The molecule has 3 rings (SSSR count). The van der Waals surface area contributed by atoms with Crippen LogP contribution in [0.15, 0.2) is 34.1 Å². The summed E-state index contributed by atoms with van der Waals surface area (Å²) in [6.07, 6.45) is 3.06. The number of sulfonamides is 1. The molecule has 0 saturated carbocycles. The van der Waals surface area contributed by atoms with Crippen molar-refractivity contribution >= 4 is 21.4 Å². The van der Waals surface area contributed by atoms with Crippen LogP contribution in [-0.4, -0.2) is 41.9 Å². The smallest absolute Gasteiger partial charge is 0.252 e. The number of rotatable bonds is 4. The van der Waals surface area contributed by atoms with Gasteiger partial charge in [-0.05, 0) is 17.9 Å². The first-order valence-electron chi connectivity index (χ1n) is 6.52. The molecular weight excluding hydrogens is 324 g/mol. The SMILES string of the molecule is N#Cc1nccnc1O[C@H]1CCN(S(=O)(=O)c2cccs2)C1. The zero-order valence-corrected chi connectivity index (χ0v) is 13.0. The molecule has 0 amide bonds. The monoisotopic (exact) mass is 336 g/mol. The van der Waals surface area contributed by atoms with Crippen LogP contribution >= 0.6 is 11.3 Å². The van der Waals surface area contributed by atoms with Crippen LogP contribution < -0.4 is 4.74 Å². The minimum atomic E-state index is -3.47. The van der Waals surface area contributed by atoms with E-state index >= 15 is 0 Å². The maximum absolute atomic E-state index is 12.4. The van der Waals surface area contributed by atoms with Gasteiger partial charge in [-0.25, -0.2) is 18.4 Å². The summed E-state index contributed by atoms with van der Waals surface area (Å²) < 4.78 is 32.2. The number of hydrogen-bond acceptors (Lipinski definition) is 7. The average molecular weight is 336 g/mol. The van der Waals surface area contributed by atoms with Crippen LogP contribution in [0.1, 0.15) is 12.1 Å². The fourth-order valence-electron chi connectivity index (χ4n) is 2.20. The first-order valence-corrected chi connectivity index (χ1v) is 8.84. The van der Waals surface area contributed by atoms with Crippen LogP contribution in [0.2, 0.25) is 0 Å². The van der Waals surface area contributed by atoms with E-state index in [0.717, 1.165) is 0 Å². The van der Waals surface area contributed by atoms with E-state index in [0.29, 0.717) is 17.2 Å². The van der Waals surface area contributed by atoms with Crippen molar-refractivity contribution in [3.63, 3.8) is 0 Å². The second-order valence-electron chi connectivity index (χ2n) is 4.65. The summed E-state index contributed by atoms with van der Waals surface area (Å²) in [4.78, 5) is 7.85. The number of hydrogen-bond donors (Lipinski definition) is 0. The summed E-state index contributed by atoms with van der Waals surface area (Å²) in [5.74, 6) is 0.144. The largest absolute Gasteiger partial charge is 0.471 e. The molecule has 0 N–H and O–H groups in total. The highest BCUT2D eigenvalue weighted by molar-refractivity contribution is 7.91. The van der Waals surface area contributed by atoms with E-state index in [1.165, 1.54) is 28.0 Å². The minimum Gasteiger partial charge on any atom is -0.471 e. The predicted octanol–water partition coefficient (Wildman–Crippen LogP) is 1.25. The number of thiophene rings is 1. The van der Waals surface area contributed by atoms with Gasteiger partial charge in [0.05, 0.1) is 6.54 Å². The van der Waals surface area contributed by atoms with E-state index in [2.05, 4.69) is 9.97 Å². The van der Waals surface area contributed by atoms with Crippen molar-refractivity contribution in [1.29, 1.82) is 5.26 Å². The van der Waals surface area contributed by atoms with Crippen molar-refractivity contribution < 1.29 is 13.2 Å². The van der Waals surface area contributed by atoms with Crippen LogP contribution in [0.5, 0.6) is 5.88 Å². The fraction of sp³-hybridized carbons (Fsp3) is 0.308. The van der Waals surface area contributed by atoms with Crippen molar-refractivity contribution in [3.05, 3.63) is 35.6 Å². The van der Waals surface area contributed by atoms with E-state index in [9.17, 15) is 8.42 Å². The molecular formula is C13H12N4O3S2. The Morgan fingerprint density at radius 1 is 1.41 bits per heavy atom. The quantitative estimate of drug-likeness (QED) is 0.834. The van der Waals surface area contributed by atoms with Crippen molar-refractivity contribution in [2.75, 3.05) is 13.1 Å². The zero-order chi connectivity index (χ0) is 15.6. The first-order chi connectivity index (χ1) is 10.6. The molecule has 0 aliphatic carbocycles. The maximum atomic E-state index is 12.4. The van der Waals surface area contributed by atoms with Crippen LogP contribution in [0.4, 0.5) is 0 Å². The molecule has 2 aromatic heterocycles. The number of nitriles is 1. The Labute approximate surface area is 131 Å². The third kappa shape index (κ3) is 2.81. The Morgan fingerprint density at radius 3 is 2.95 bits per heavy atom. The minimum absolute atomic E-state index is 0.0991. The Bertz CT molecular complexity index is 799. The van der Waals surface area contributed by atoms with E-state index in [4.69, 9.17) is 10.00 Å². The molecule has 0 unspecified atom stereocenters. The highest BCUT2D eigenvalue weighted by Gasteiger charge is 2.34. The molecule has 1 atom stereocenters. The first kappa shape index (κ1) is 14.9. The van der Waals surface area contributed by atoms with Gasteiger partial charge >= 0.3 is 0 Å². The summed E-state index contributed by atoms with van der Waals surface area (Å²) in [6.45, 7) is 0.620. The van der Waals surface area contributed by atoms with Gasteiger partial charge in [-0.15, -0.1) is 11.3 Å². The van der Waals surface area contributed by atoms with Crippen molar-refractivity contribution in [2.24, 2.45) is 0 Å². The summed E-state index contributed by atoms with van der Waals surface area (Å²) in [7, 11) is -3.47. The van der Waals surface area contributed by atoms with Gasteiger partial charge in [0, 0.05) is 18.9 Å². The van der Waals surface area contributed by atoms with Crippen molar-refractivity contribution in [1.82, 2.24) is 14.3 Å². The third-order valence-electron chi connectivity index (χ3n) is 3.25. The summed E-state index contributed by atoms with van der Waals surface area (Å²) in [5.41, 5.74) is 0.0991. The zero-order valence-electron chi connectivity index (χ0n) is 11.4. The highest BCUT2D eigenvalue weighted by atomic mass is 32.2. The fourth-order valence-corrected chi connectivity index (χ4v) is 4.83. The van der Waals surface area contributed by atoms with Crippen LogP contribution in [-0.2, 0) is 10.0 Å². The molecule has 114 valence electrons. The van der Waals surface area contributed by atoms with Gasteiger partial charge in [-0.2, -0.15) is 9.57 Å². The molecule has 0 spiro atoms. The lowest BCUT2D eigenvalue weighted by molar-refractivity contribution is 0.205. The molecule has 0 radical (unpaired) electrons. The normalized spacial score (nSPS) is 19.0.